The van der Waals surface area contributed by atoms with Crippen molar-refractivity contribution >= 4 is 109 Å². The van der Waals surface area contributed by atoms with Gasteiger partial charge in [-0.25, -0.2) is 9.36 Å². The van der Waals surface area contributed by atoms with Crippen LogP contribution in [-0.2, 0) is 98.9 Å². The normalized spacial score (nSPS) is 15.8. The summed E-state index contributed by atoms with van der Waals surface area (Å²) >= 11 is 0. The number of likely N-dealkylation sites (tertiary alicyclic amines) is 1. The number of benzene rings is 2. The lowest BCUT2D eigenvalue weighted by Gasteiger charge is -2.33. The van der Waals surface area contributed by atoms with E-state index in [1.54, 1.807) is 51.1 Å². The third-order valence-corrected chi connectivity index (χ3v) is 16.7. The van der Waals surface area contributed by atoms with Gasteiger partial charge in [-0.1, -0.05) is 76.6 Å². The Morgan fingerprint density at radius 3 is 1.30 bits per heavy atom. The largest absolute Gasteiger partial charge is 0.524 e. The highest BCUT2D eigenvalue weighted by Crippen LogP contribution is 2.37. The average molecular weight is 1490 g/mol. The van der Waals surface area contributed by atoms with Crippen LogP contribution >= 0.6 is 7.82 Å². The van der Waals surface area contributed by atoms with Gasteiger partial charge in [-0.15, -0.1) is 0 Å². The number of amides is 11. The third kappa shape index (κ3) is 31.7. The average Bonchev–Trinajstić information content (AvgIpc) is 1.36. The molecule has 2 aromatic rings. The molecule has 2 aromatic carbocycles. The van der Waals surface area contributed by atoms with E-state index in [2.05, 4.69) is 52.4 Å². The first-order valence-electron chi connectivity index (χ1n) is 33.0. The van der Waals surface area contributed by atoms with Gasteiger partial charge in [-0.3, -0.25) is 86.5 Å². The van der Waals surface area contributed by atoms with E-state index in [1.807, 2.05) is 0 Å². The number of rotatable bonds is 47. The molecule has 3 rings (SSSR count). The SMILES string of the molecule is CC[C@H](C)[C@H](NC(=O)[C@H](CCC(=O)O)NC(=O)[C@H](CCC(=O)O)NC(=O)[C@H](Cc1ccccc1)NC(=O)[C@@H](N)CC(=O)O)C(=O)N1CCC[C@H]1C(=O)N[C@@H](CCC(=O)O)C(=O)N[C@@H](CCC(=O)O)C(=O)N[C@@H](Cc1ccc(OP(=O)(O)O)cc1)C(=O)N[C@@H](CC(C)C)C(=O)N[C@@H](CCC(N)=O)C(=O)O. The molecule has 21 N–H and O–H groups in total. The molecule has 0 radical (unpaired) electrons. The second kappa shape index (κ2) is 42.7. The lowest BCUT2D eigenvalue weighted by Crippen LogP contribution is -2.61. The Morgan fingerprint density at radius 2 is 0.885 bits per heavy atom. The Labute approximate surface area is 595 Å². The molecule has 0 bridgehead atoms. The van der Waals surface area contributed by atoms with Gasteiger partial charge in [0.1, 0.15) is 66.2 Å². The van der Waals surface area contributed by atoms with Crippen LogP contribution in [0.4, 0.5) is 0 Å². The highest BCUT2D eigenvalue weighted by Gasteiger charge is 2.43. The number of phosphoric acid groups is 1. The number of aliphatic carboxylic acids is 6. The Bertz CT molecular complexity index is 3470. The molecule has 0 spiro atoms. The van der Waals surface area contributed by atoms with E-state index in [4.69, 9.17) is 11.5 Å². The Kier molecular flexibility index (Phi) is 35.9. The third-order valence-electron chi connectivity index (χ3n) is 16.2. The number of nitrogens with zero attached hydrogens (tertiary/aromatic N) is 1. The summed E-state index contributed by atoms with van der Waals surface area (Å²) < 4.78 is 16.1. The smallest absolute Gasteiger partial charge is 0.481 e. The lowest BCUT2D eigenvalue weighted by atomic mass is 9.96. The van der Waals surface area contributed by atoms with E-state index in [1.165, 1.54) is 19.1 Å². The molecule has 1 saturated heterocycles. The van der Waals surface area contributed by atoms with Crippen LogP contribution in [0.15, 0.2) is 54.6 Å². The number of nitrogens with one attached hydrogen (secondary N) is 9. The standard InChI is InChI=1S/C64H91N12O27P/c1-5-33(4)53(75-58(92)41(21-26-51(84)85)68-55(89)38(18-23-48(78)79)69-60(94)44(29-34-10-7-6-8-11-34)72-54(88)37(65)31-52(86)87)63(97)76-27-9-12-46(76)62(96)70-40(20-25-50(82)83)56(90)67-39(19-24-49(80)81)57(91)74-45(30-35-13-15-36(16-14-35)103-104(100,101)102)61(95)73-43(28-32(2)3)59(93)71-42(64(98)99)17-22-47(66)77/h6-8,10-11,13-16,32-33,37-46,53H,5,9,12,17-31,65H2,1-4H3,(H2,66,77)(H,67,90)(H,68,89)(H,69,94)(H,70,96)(H,71,93)(H,72,88)(H,73,95)(H,74,91)(H,75,92)(H,78,79)(H,80,81)(H,82,83)(H,84,85)(H,86,87)(H,98,99)(H2,100,101,102)/t33-,37-,38-,39-,40-,41-,42-,43-,44-,45-,46-,53-/m0/s1. The maximum atomic E-state index is 14.8. The molecule has 12 atom stereocenters. The van der Waals surface area contributed by atoms with E-state index in [9.17, 15) is 126 Å². The van der Waals surface area contributed by atoms with Crippen LogP contribution in [0.2, 0.25) is 0 Å². The summed E-state index contributed by atoms with van der Waals surface area (Å²) in [6, 6.07) is -6.31. The molecule has 0 unspecified atom stereocenters. The number of hydrogen-bond acceptors (Lipinski definition) is 20. The minimum absolute atomic E-state index is 0.100. The van der Waals surface area contributed by atoms with Crippen LogP contribution in [0.25, 0.3) is 0 Å². The summed E-state index contributed by atoms with van der Waals surface area (Å²) in [5.41, 5.74) is 11.5. The van der Waals surface area contributed by atoms with E-state index in [-0.39, 0.29) is 50.0 Å². The van der Waals surface area contributed by atoms with Gasteiger partial charge in [-0.05, 0) is 86.5 Å². The predicted octanol–water partition coefficient (Wildman–Crippen LogP) is -3.00. The van der Waals surface area contributed by atoms with Gasteiger partial charge in [0.2, 0.25) is 65.0 Å². The Balaban J connectivity index is 2.01. The molecule has 0 saturated carbocycles. The number of hydrogen-bond donors (Lipinski definition) is 19. The Hall–Kier alpha value is -10.7. The zero-order valence-corrected chi connectivity index (χ0v) is 58.2. The molecule has 104 heavy (non-hydrogen) atoms. The minimum atomic E-state index is -5.08. The van der Waals surface area contributed by atoms with Gasteiger partial charge < -0.3 is 99.4 Å². The van der Waals surface area contributed by atoms with Crippen molar-refractivity contribution in [1.29, 1.82) is 0 Å². The van der Waals surface area contributed by atoms with Crippen LogP contribution in [0, 0.1) is 11.8 Å². The number of phosphoric ester groups is 1. The molecular weight excluding hydrogens is 1400 g/mol. The van der Waals surface area contributed by atoms with Crippen molar-refractivity contribution in [2.24, 2.45) is 23.3 Å². The number of carboxylic acid groups (broad SMARTS) is 6. The molecule has 40 heteroatoms. The van der Waals surface area contributed by atoms with Crippen molar-refractivity contribution in [3.63, 3.8) is 0 Å². The topological polar surface area (TPSA) is 642 Å². The van der Waals surface area contributed by atoms with E-state index < -0.39 is 264 Å². The van der Waals surface area contributed by atoms with Gasteiger partial charge >= 0.3 is 43.6 Å². The summed E-state index contributed by atoms with van der Waals surface area (Å²) in [6.07, 6.45) is -8.71. The van der Waals surface area contributed by atoms with Crippen molar-refractivity contribution in [2.45, 2.75) is 203 Å². The number of carboxylic acids is 6. The minimum Gasteiger partial charge on any atom is -0.481 e. The molecule has 574 valence electrons. The highest BCUT2D eigenvalue weighted by molar-refractivity contribution is 7.46. The first kappa shape index (κ1) is 87.6. The van der Waals surface area contributed by atoms with Crippen LogP contribution in [0.5, 0.6) is 5.75 Å². The summed E-state index contributed by atoms with van der Waals surface area (Å²) in [4.78, 5) is 244. The summed E-state index contributed by atoms with van der Waals surface area (Å²) in [5, 5.41) is 79.1. The summed E-state index contributed by atoms with van der Waals surface area (Å²) in [6.45, 7) is 6.20. The summed E-state index contributed by atoms with van der Waals surface area (Å²) in [7, 11) is -5.08. The van der Waals surface area contributed by atoms with Crippen molar-refractivity contribution in [3.8, 4) is 5.75 Å². The number of carbonyl (C=O) groups is 17. The van der Waals surface area contributed by atoms with Crippen molar-refractivity contribution in [2.75, 3.05) is 6.54 Å². The fraction of sp³-hybridized carbons (Fsp3) is 0.547. The molecule has 0 aliphatic carbocycles. The quantitative estimate of drug-likeness (QED) is 0.0294. The van der Waals surface area contributed by atoms with Crippen molar-refractivity contribution < 1.29 is 131 Å². The highest BCUT2D eigenvalue weighted by atomic mass is 31.2. The van der Waals surface area contributed by atoms with E-state index in [0.717, 1.165) is 17.0 Å². The van der Waals surface area contributed by atoms with E-state index in [0.29, 0.717) is 5.56 Å². The monoisotopic (exact) mass is 1490 g/mol. The molecule has 0 aromatic heterocycles. The molecule has 39 nitrogen and oxygen atoms in total. The van der Waals surface area contributed by atoms with Crippen LogP contribution in [0.1, 0.15) is 135 Å². The zero-order valence-electron chi connectivity index (χ0n) is 57.3. The molecule has 1 fully saturated rings. The van der Waals surface area contributed by atoms with Gasteiger partial charge in [0.25, 0.3) is 0 Å². The zero-order chi connectivity index (χ0) is 78.3. The van der Waals surface area contributed by atoms with Gasteiger partial charge in [0.05, 0.1) is 12.5 Å². The maximum absolute atomic E-state index is 14.8. The lowest BCUT2D eigenvalue weighted by molar-refractivity contribution is -0.144. The Morgan fingerprint density at radius 1 is 0.500 bits per heavy atom. The van der Waals surface area contributed by atoms with Gasteiger partial charge in [0.15, 0.2) is 0 Å². The number of primary amides is 1. The van der Waals surface area contributed by atoms with Crippen LogP contribution < -0.4 is 63.8 Å². The first-order valence-corrected chi connectivity index (χ1v) is 34.5. The molecule has 11 amide bonds. The van der Waals surface area contributed by atoms with Crippen LogP contribution in [-0.4, -0.2) is 219 Å². The second-order valence-corrected chi connectivity index (χ2v) is 26.2. The predicted molar refractivity (Wildman–Crippen MR) is 358 cm³/mol. The molecule has 1 aliphatic heterocycles. The van der Waals surface area contributed by atoms with Gasteiger partial charge in [-0.2, -0.15) is 0 Å². The van der Waals surface area contributed by atoms with E-state index >= 15 is 0 Å². The molecule has 1 heterocycles. The molecule has 1 aliphatic rings. The maximum Gasteiger partial charge on any atom is 0.524 e. The first-order chi connectivity index (χ1) is 48.7. The number of nitrogens with two attached hydrogens (primary N) is 2. The van der Waals surface area contributed by atoms with Crippen molar-refractivity contribution in [3.05, 3.63) is 65.7 Å². The second-order valence-electron chi connectivity index (χ2n) is 25.1. The van der Waals surface area contributed by atoms with Crippen LogP contribution in [0.3, 0.4) is 0 Å². The number of carbonyl (C=O) groups excluding carboxylic acids is 11. The summed E-state index contributed by atoms with van der Waals surface area (Å²) in [5.74, 6) is -22.8. The van der Waals surface area contributed by atoms with Crippen molar-refractivity contribution in [1.82, 2.24) is 52.8 Å². The fourth-order valence-corrected chi connectivity index (χ4v) is 11.0. The fourth-order valence-electron chi connectivity index (χ4n) is 10.6. The van der Waals surface area contributed by atoms with Gasteiger partial charge in [0, 0.05) is 51.5 Å². The molecular formula is C64H91N12O27P.